The van der Waals surface area contributed by atoms with Gasteiger partial charge in [-0.05, 0) is 75.6 Å². The molecule has 2 aromatic carbocycles. The lowest BCUT2D eigenvalue weighted by atomic mass is 10.1. The van der Waals surface area contributed by atoms with Crippen LogP contribution in [0.25, 0.3) is 0 Å². The van der Waals surface area contributed by atoms with Gasteiger partial charge in [0.15, 0.2) is 0 Å². The Labute approximate surface area is 198 Å². The summed E-state index contributed by atoms with van der Waals surface area (Å²) in [5.74, 6) is 23.4. The zero-order valence-electron chi connectivity index (χ0n) is 19.1. The molecule has 0 saturated carbocycles. The SMILES string of the molecule is CC(C)=C(C#CC#CC(C#Cc1ccc([N+](=O)[O-])cc1)=C(C)C)C#Cc1ccc([N+](=O)[O-])cc1. The smallest absolute Gasteiger partial charge is 0.258 e. The quantitative estimate of drug-likeness (QED) is 0.341. The lowest BCUT2D eigenvalue weighted by molar-refractivity contribution is -0.385. The van der Waals surface area contributed by atoms with Crippen molar-refractivity contribution in [3.8, 4) is 47.4 Å². The number of nitro groups is 2. The molecule has 0 unspecified atom stereocenters. The average molecular weight is 448 g/mol. The standard InChI is InChI=1S/C28H20N2O4/c1-21(2)25(15-9-23-11-17-27(18-12-23)29(31)32)7-5-6-8-26(22(3)4)16-10-24-13-19-28(20-14-24)30(33)34/h11-14,17-20H,1-4H3. The maximum atomic E-state index is 10.7. The van der Waals surface area contributed by atoms with E-state index in [-0.39, 0.29) is 11.4 Å². The Kier molecular flexibility index (Phi) is 8.99. The van der Waals surface area contributed by atoms with Gasteiger partial charge in [0.2, 0.25) is 0 Å². The van der Waals surface area contributed by atoms with Gasteiger partial charge < -0.3 is 0 Å². The number of allylic oxidation sites excluding steroid dienone is 4. The van der Waals surface area contributed by atoms with Crippen molar-refractivity contribution in [1.82, 2.24) is 0 Å². The number of hydrogen-bond donors (Lipinski definition) is 0. The van der Waals surface area contributed by atoms with Gasteiger partial charge in [-0.3, -0.25) is 20.2 Å². The molecule has 2 rings (SSSR count). The summed E-state index contributed by atoms with van der Waals surface area (Å²) in [5, 5.41) is 21.5. The van der Waals surface area contributed by atoms with Crippen LogP contribution >= 0.6 is 0 Å². The molecular weight excluding hydrogens is 428 g/mol. The van der Waals surface area contributed by atoms with Crippen LogP contribution in [0.2, 0.25) is 0 Å². The van der Waals surface area contributed by atoms with E-state index in [1.165, 1.54) is 24.3 Å². The molecule has 0 atom stereocenters. The van der Waals surface area contributed by atoms with Gasteiger partial charge in [0.25, 0.3) is 11.4 Å². The van der Waals surface area contributed by atoms with Gasteiger partial charge in [-0.25, -0.2) is 0 Å². The zero-order chi connectivity index (χ0) is 25.1. The maximum absolute atomic E-state index is 10.7. The molecular formula is C28H20N2O4. The number of nitrogens with zero attached hydrogens (tertiary/aromatic N) is 2. The summed E-state index contributed by atoms with van der Waals surface area (Å²) in [5.41, 5.74) is 4.38. The molecule has 0 fully saturated rings. The predicted octanol–water partition coefficient (Wildman–Crippen LogP) is 5.59. The van der Waals surface area contributed by atoms with E-state index in [9.17, 15) is 20.2 Å². The minimum atomic E-state index is -0.458. The molecule has 6 nitrogen and oxygen atoms in total. The molecule has 0 heterocycles. The second-order valence-corrected chi connectivity index (χ2v) is 7.36. The van der Waals surface area contributed by atoms with Gasteiger partial charge in [0.05, 0.1) is 21.0 Å². The highest BCUT2D eigenvalue weighted by molar-refractivity contribution is 5.56. The Morgan fingerprint density at radius 2 is 0.912 bits per heavy atom. The summed E-state index contributed by atoms with van der Waals surface area (Å²) in [6, 6.07) is 12.0. The van der Waals surface area contributed by atoms with E-state index in [0.29, 0.717) is 22.3 Å². The summed E-state index contributed by atoms with van der Waals surface area (Å²) >= 11 is 0. The third kappa shape index (κ3) is 7.90. The highest BCUT2D eigenvalue weighted by Gasteiger charge is 2.03. The first kappa shape index (κ1) is 25.2. The fraction of sp³-hybridized carbons (Fsp3) is 0.143. The third-order valence-corrected chi connectivity index (χ3v) is 4.26. The Balaban J connectivity index is 2.20. The lowest BCUT2D eigenvalue weighted by Crippen LogP contribution is -1.87. The number of nitro benzene ring substituents is 2. The molecule has 0 aliphatic carbocycles. The maximum Gasteiger partial charge on any atom is 0.269 e. The van der Waals surface area contributed by atoms with Gasteiger partial charge in [0, 0.05) is 35.4 Å². The van der Waals surface area contributed by atoms with Crippen molar-refractivity contribution in [3.05, 3.63) is 102 Å². The van der Waals surface area contributed by atoms with Crippen molar-refractivity contribution in [1.29, 1.82) is 0 Å². The molecule has 0 spiro atoms. The van der Waals surface area contributed by atoms with E-state index in [0.717, 1.165) is 11.1 Å². The van der Waals surface area contributed by atoms with Gasteiger partial charge in [-0.1, -0.05) is 34.8 Å². The molecule has 0 amide bonds. The first-order valence-electron chi connectivity index (χ1n) is 10.1. The Morgan fingerprint density at radius 3 is 1.18 bits per heavy atom. The molecule has 0 aromatic heterocycles. The van der Waals surface area contributed by atoms with E-state index in [1.54, 1.807) is 24.3 Å². The second-order valence-electron chi connectivity index (χ2n) is 7.36. The first-order chi connectivity index (χ1) is 16.2. The molecule has 6 heteroatoms. The number of hydrogen-bond acceptors (Lipinski definition) is 4. The van der Waals surface area contributed by atoms with Gasteiger partial charge in [0.1, 0.15) is 0 Å². The molecule has 166 valence electrons. The van der Waals surface area contributed by atoms with Crippen LogP contribution in [-0.2, 0) is 0 Å². The van der Waals surface area contributed by atoms with E-state index >= 15 is 0 Å². The number of non-ortho nitro benzene ring substituents is 2. The van der Waals surface area contributed by atoms with E-state index < -0.39 is 9.85 Å². The van der Waals surface area contributed by atoms with Crippen LogP contribution in [0, 0.1) is 67.6 Å². The van der Waals surface area contributed by atoms with E-state index in [2.05, 4.69) is 47.4 Å². The second kappa shape index (κ2) is 12.1. The van der Waals surface area contributed by atoms with Crippen LogP contribution in [0.4, 0.5) is 11.4 Å². The van der Waals surface area contributed by atoms with Crippen LogP contribution in [0.3, 0.4) is 0 Å². The highest BCUT2D eigenvalue weighted by Crippen LogP contribution is 2.12. The molecule has 0 bridgehead atoms. The van der Waals surface area contributed by atoms with Crippen molar-refractivity contribution in [2.45, 2.75) is 27.7 Å². The predicted molar refractivity (Wildman–Crippen MR) is 132 cm³/mol. The zero-order valence-corrected chi connectivity index (χ0v) is 19.1. The summed E-state index contributed by atoms with van der Waals surface area (Å²) in [6.07, 6.45) is 0. The number of benzene rings is 2. The highest BCUT2D eigenvalue weighted by atomic mass is 16.6. The van der Waals surface area contributed by atoms with Crippen molar-refractivity contribution < 1.29 is 9.85 Å². The van der Waals surface area contributed by atoms with Gasteiger partial charge in [-0.2, -0.15) is 0 Å². The normalized spacial score (nSPS) is 8.71. The minimum absolute atomic E-state index is 0.00908. The molecule has 0 N–H and O–H groups in total. The molecule has 0 aliphatic rings. The summed E-state index contributed by atoms with van der Waals surface area (Å²) < 4.78 is 0. The first-order valence-corrected chi connectivity index (χ1v) is 10.1. The fourth-order valence-electron chi connectivity index (χ4n) is 2.35. The van der Waals surface area contributed by atoms with Crippen LogP contribution in [0.1, 0.15) is 38.8 Å². The van der Waals surface area contributed by atoms with E-state index in [1.807, 2.05) is 27.7 Å². The molecule has 34 heavy (non-hydrogen) atoms. The van der Waals surface area contributed by atoms with Crippen molar-refractivity contribution in [2.24, 2.45) is 0 Å². The molecule has 0 aliphatic heterocycles. The number of rotatable bonds is 2. The third-order valence-electron chi connectivity index (χ3n) is 4.26. The molecule has 0 radical (unpaired) electrons. The largest absolute Gasteiger partial charge is 0.269 e. The fourth-order valence-corrected chi connectivity index (χ4v) is 2.35. The summed E-state index contributed by atoms with van der Waals surface area (Å²) in [4.78, 5) is 20.6. The van der Waals surface area contributed by atoms with Gasteiger partial charge >= 0.3 is 0 Å². The van der Waals surface area contributed by atoms with Crippen LogP contribution in [0.15, 0.2) is 70.8 Å². The van der Waals surface area contributed by atoms with Crippen molar-refractivity contribution in [2.75, 3.05) is 0 Å². The average Bonchev–Trinajstić information content (AvgIpc) is 2.80. The minimum Gasteiger partial charge on any atom is -0.258 e. The summed E-state index contributed by atoms with van der Waals surface area (Å²) in [6.45, 7) is 7.55. The molecule has 0 saturated heterocycles. The Hall–Kier alpha value is -5.04. The van der Waals surface area contributed by atoms with Crippen LogP contribution in [0.5, 0.6) is 0 Å². The van der Waals surface area contributed by atoms with Crippen LogP contribution < -0.4 is 0 Å². The van der Waals surface area contributed by atoms with Crippen molar-refractivity contribution >= 4 is 11.4 Å². The summed E-state index contributed by atoms with van der Waals surface area (Å²) in [7, 11) is 0. The van der Waals surface area contributed by atoms with Gasteiger partial charge in [-0.15, -0.1) is 0 Å². The Morgan fingerprint density at radius 1 is 0.588 bits per heavy atom. The van der Waals surface area contributed by atoms with Crippen LogP contribution in [-0.4, -0.2) is 9.85 Å². The van der Waals surface area contributed by atoms with Crippen molar-refractivity contribution in [3.63, 3.8) is 0 Å². The Bertz CT molecular complexity index is 1310. The topological polar surface area (TPSA) is 86.3 Å². The lowest BCUT2D eigenvalue weighted by Gasteiger charge is -1.93. The molecule has 2 aromatic rings. The monoisotopic (exact) mass is 448 g/mol. The van der Waals surface area contributed by atoms with E-state index in [4.69, 9.17) is 0 Å².